The predicted molar refractivity (Wildman–Crippen MR) is 128 cm³/mol. The Labute approximate surface area is 197 Å². The lowest BCUT2D eigenvalue weighted by Crippen LogP contribution is -2.56. The van der Waals surface area contributed by atoms with Gasteiger partial charge in [0.25, 0.3) is 0 Å². The molecule has 2 unspecified atom stereocenters. The van der Waals surface area contributed by atoms with Gasteiger partial charge in [0.2, 0.25) is 5.91 Å². The highest BCUT2D eigenvalue weighted by Gasteiger charge is 2.46. The van der Waals surface area contributed by atoms with Gasteiger partial charge in [0.05, 0.1) is 18.7 Å². The lowest BCUT2D eigenvalue weighted by atomic mass is 10.0. The fourth-order valence-corrected chi connectivity index (χ4v) is 4.32. The third-order valence-corrected chi connectivity index (χ3v) is 5.82. The van der Waals surface area contributed by atoms with Crippen LogP contribution in [0.3, 0.4) is 0 Å². The van der Waals surface area contributed by atoms with Crippen LogP contribution >= 0.6 is 0 Å². The summed E-state index contributed by atoms with van der Waals surface area (Å²) in [5.41, 5.74) is 0.771. The molecule has 0 bridgehead atoms. The average molecular weight is 453 g/mol. The molecule has 0 aromatic heterocycles. The van der Waals surface area contributed by atoms with Crippen LogP contribution in [-0.2, 0) is 25.5 Å². The van der Waals surface area contributed by atoms with Crippen molar-refractivity contribution in [3.8, 4) is 0 Å². The van der Waals surface area contributed by atoms with Crippen molar-refractivity contribution in [2.24, 2.45) is 0 Å². The monoisotopic (exact) mass is 452 g/mol. The summed E-state index contributed by atoms with van der Waals surface area (Å²) < 4.78 is 11.7. The normalized spacial score (nSPS) is 20.1. The highest BCUT2D eigenvalue weighted by Crippen LogP contribution is 2.38. The molecule has 3 rings (SSSR count). The number of benzene rings is 2. The number of carbonyl (C=O) groups is 2. The molecule has 1 saturated heterocycles. The highest BCUT2D eigenvalue weighted by molar-refractivity contribution is 5.87. The first-order chi connectivity index (χ1) is 15.5. The number of hydrogen-bond acceptors (Lipinski definition) is 5. The molecule has 6 nitrogen and oxygen atoms in total. The van der Waals surface area contributed by atoms with Crippen molar-refractivity contribution in [3.63, 3.8) is 0 Å². The maximum atomic E-state index is 13.4. The second-order valence-corrected chi connectivity index (χ2v) is 10.1. The summed E-state index contributed by atoms with van der Waals surface area (Å²) in [7, 11) is 0. The minimum atomic E-state index is -0.789. The molecule has 178 valence electrons. The van der Waals surface area contributed by atoms with Gasteiger partial charge in [-0.15, -0.1) is 0 Å². The van der Waals surface area contributed by atoms with Gasteiger partial charge in [0.1, 0.15) is 17.4 Å². The summed E-state index contributed by atoms with van der Waals surface area (Å²) in [6.07, 6.45) is 0.357. The van der Waals surface area contributed by atoms with Crippen molar-refractivity contribution in [3.05, 3.63) is 71.8 Å². The number of ether oxygens (including phenoxy) is 2. The van der Waals surface area contributed by atoms with Gasteiger partial charge >= 0.3 is 5.97 Å². The van der Waals surface area contributed by atoms with Crippen LogP contribution in [0.2, 0.25) is 0 Å². The molecule has 0 radical (unpaired) electrons. The van der Waals surface area contributed by atoms with Crippen molar-refractivity contribution in [2.45, 2.75) is 77.4 Å². The summed E-state index contributed by atoms with van der Waals surface area (Å²) in [5, 5.41) is 2.96. The number of hydrogen-bond donors (Lipinski definition) is 1. The van der Waals surface area contributed by atoms with Crippen molar-refractivity contribution in [1.29, 1.82) is 0 Å². The molecule has 1 fully saturated rings. The topological polar surface area (TPSA) is 67.9 Å². The molecule has 3 atom stereocenters. The van der Waals surface area contributed by atoms with Gasteiger partial charge in [-0.3, -0.25) is 9.69 Å². The average Bonchev–Trinajstić information content (AvgIpc) is 3.07. The molecule has 1 amide bonds. The first kappa shape index (κ1) is 24.9. The molecule has 1 heterocycles. The minimum Gasteiger partial charge on any atom is -0.458 e. The quantitative estimate of drug-likeness (QED) is 0.636. The summed E-state index contributed by atoms with van der Waals surface area (Å²) in [6, 6.07) is 18.3. The maximum Gasteiger partial charge on any atom is 0.329 e. The molecule has 1 N–H and O–H groups in total. The Kier molecular flexibility index (Phi) is 7.60. The van der Waals surface area contributed by atoms with E-state index < -0.39 is 29.4 Å². The Morgan fingerprint density at radius 1 is 1.09 bits per heavy atom. The van der Waals surface area contributed by atoms with Gasteiger partial charge in [-0.05, 0) is 52.7 Å². The van der Waals surface area contributed by atoms with E-state index in [2.05, 4.69) is 10.2 Å². The molecule has 33 heavy (non-hydrogen) atoms. The van der Waals surface area contributed by atoms with E-state index in [1.807, 2.05) is 102 Å². The minimum absolute atomic E-state index is 0.0592. The zero-order valence-corrected chi connectivity index (χ0v) is 20.5. The molecule has 6 heteroatoms. The SMILES string of the molecule is CC(C(=O)NC(Cc1ccccc1)C(=O)OC(C)(C)C)N1[C@@H](c2ccccc2)COC1(C)C. The molecule has 0 saturated carbocycles. The Morgan fingerprint density at radius 2 is 1.67 bits per heavy atom. The van der Waals surface area contributed by atoms with Gasteiger partial charge in [0.15, 0.2) is 0 Å². The Bertz CT molecular complexity index is 938. The number of nitrogens with zero attached hydrogens (tertiary/aromatic N) is 1. The summed E-state index contributed by atoms with van der Waals surface area (Å²) >= 11 is 0. The van der Waals surface area contributed by atoms with Crippen LogP contribution in [0.1, 0.15) is 58.7 Å². The standard InChI is InChI=1S/C27H36N2O4/c1-19(29-23(18-32-27(29,5)6)21-15-11-8-12-16-21)24(30)28-22(25(31)33-26(2,3)4)17-20-13-9-7-10-14-20/h7-16,19,22-23H,17-18H2,1-6H3,(H,28,30)/t19?,22?,23-/m1/s1. The van der Waals surface area contributed by atoms with E-state index in [1.165, 1.54) is 0 Å². The van der Waals surface area contributed by atoms with Crippen LogP contribution in [0.25, 0.3) is 0 Å². The van der Waals surface area contributed by atoms with E-state index in [1.54, 1.807) is 0 Å². The van der Waals surface area contributed by atoms with Crippen LogP contribution < -0.4 is 5.32 Å². The largest absolute Gasteiger partial charge is 0.458 e. The molecular formula is C27H36N2O4. The van der Waals surface area contributed by atoms with Crippen LogP contribution in [0.5, 0.6) is 0 Å². The fraction of sp³-hybridized carbons (Fsp3) is 0.481. The molecule has 1 aliphatic heterocycles. The molecular weight excluding hydrogens is 416 g/mol. The third kappa shape index (κ3) is 6.42. The van der Waals surface area contributed by atoms with E-state index in [4.69, 9.17) is 9.47 Å². The van der Waals surface area contributed by atoms with E-state index in [9.17, 15) is 9.59 Å². The lowest BCUT2D eigenvalue weighted by Gasteiger charge is -2.38. The summed E-state index contributed by atoms with van der Waals surface area (Å²) in [4.78, 5) is 28.5. The molecule has 2 aromatic rings. The van der Waals surface area contributed by atoms with E-state index in [-0.39, 0.29) is 11.9 Å². The number of amides is 1. The van der Waals surface area contributed by atoms with E-state index in [0.717, 1.165) is 11.1 Å². The Morgan fingerprint density at radius 3 is 2.24 bits per heavy atom. The lowest BCUT2D eigenvalue weighted by molar-refractivity contribution is -0.159. The van der Waals surface area contributed by atoms with Crippen LogP contribution in [0.15, 0.2) is 60.7 Å². The first-order valence-electron chi connectivity index (χ1n) is 11.5. The number of esters is 1. The first-order valence-corrected chi connectivity index (χ1v) is 11.5. The van der Waals surface area contributed by atoms with Crippen molar-refractivity contribution in [2.75, 3.05) is 6.61 Å². The molecule has 1 aliphatic rings. The van der Waals surface area contributed by atoms with Crippen LogP contribution in [0, 0.1) is 0 Å². The zero-order chi connectivity index (χ0) is 24.2. The smallest absolute Gasteiger partial charge is 0.329 e. The highest BCUT2D eigenvalue weighted by atomic mass is 16.6. The van der Waals surface area contributed by atoms with E-state index in [0.29, 0.717) is 13.0 Å². The number of rotatable bonds is 7. The predicted octanol–water partition coefficient (Wildman–Crippen LogP) is 4.25. The van der Waals surface area contributed by atoms with Gasteiger partial charge in [0, 0.05) is 6.42 Å². The van der Waals surface area contributed by atoms with Gasteiger partial charge in [-0.25, -0.2) is 4.79 Å². The van der Waals surface area contributed by atoms with Gasteiger partial charge in [-0.2, -0.15) is 0 Å². The van der Waals surface area contributed by atoms with Gasteiger partial charge < -0.3 is 14.8 Å². The molecule has 2 aromatic carbocycles. The number of nitrogens with one attached hydrogen (secondary N) is 1. The van der Waals surface area contributed by atoms with Crippen molar-refractivity contribution < 1.29 is 19.1 Å². The second kappa shape index (κ2) is 10.1. The van der Waals surface area contributed by atoms with Crippen LogP contribution in [-0.4, -0.2) is 46.8 Å². The summed E-state index contributed by atoms with van der Waals surface area (Å²) in [6.45, 7) is 11.8. The molecule has 0 aliphatic carbocycles. The van der Waals surface area contributed by atoms with Crippen molar-refractivity contribution in [1.82, 2.24) is 10.2 Å². The zero-order valence-electron chi connectivity index (χ0n) is 20.5. The third-order valence-electron chi connectivity index (χ3n) is 5.82. The van der Waals surface area contributed by atoms with E-state index >= 15 is 0 Å². The second-order valence-electron chi connectivity index (χ2n) is 10.1. The van der Waals surface area contributed by atoms with Crippen molar-refractivity contribution >= 4 is 11.9 Å². The van der Waals surface area contributed by atoms with Gasteiger partial charge in [-0.1, -0.05) is 60.7 Å². The summed E-state index contributed by atoms with van der Waals surface area (Å²) in [5.74, 6) is -0.676. The van der Waals surface area contributed by atoms with Crippen LogP contribution in [0.4, 0.5) is 0 Å². The maximum absolute atomic E-state index is 13.4. The fourth-order valence-electron chi connectivity index (χ4n) is 4.32. The number of carbonyl (C=O) groups excluding carboxylic acids is 2. The Balaban J connectivity index is 1.81. The Hall–Kier alpha value is -2.70. The molecule has 0 spiro atoms.